The monoisotopic (exact) mass is 454 g/mol. The van der Waals surface area contributed by atoms with Gasteiger partial charge in [0, 0.05) is 12.6 Å². The van der Waals surface area contributed by atoms with Gasteiger partial charge in [-0.3, -0.25) is 4.79 Å². The Hall–Kier alpha value is -3.78. The number of benzene rings is 2. The van der Waals surface area contributed by atoms with E-state index in [4.69, 9.17) is 16.7 Å². The van der Waals surface area contributed by atoms with E-state index in [-0.39, 0.29) is 28.9 Å². The number of carbonyl (C=O) groups is 2. The average molecular weight is 455 g/mol. The SMILES string of the molecule is C=C(NC(C)c1ccc(C(=O)O)cc1)c1cc(C(=O)NCc2ccc(F)c(Cl)c2)ncn1. The van der Waals surface area contributed by atoms with Crippen LogP contribution >= 0.6 is 11.6 Å². The first-order chi connectivity index (χ1) is 15.2. The van der Waals surface area contributed by atoms with Crippen molar-refractivity contribution >= 4 is 29.2 Å². The number of aromatic carboxylic acids is 1. The molecule has 0 fully saturated rings. The van der Waals surface area contributed by atoms with Gasteiger partial charge in [0.15, 0.2) is 0 Å². The van der Waals surface area contributed by atoms with Crippen molar-refractivity contribution in [1.82, 2.24) is 20.6 Å². The van der Waals surface area contributed by atoms with Gasteiger partial charge in [-0.25, -0.2) is 19.2 Å². The molecule has 1 unspecified atom stereocenters. The van der Waals surface area contributed by atoms with Crippen molar-refractivity contribution < 1.29 is 19.1 Å². The van der Waals surface area contributed by atoms with E-state index in [1.165, 1.54) is 42.7 Å². The number of rotatable bonds is 8. The maximum atomic E-state index is 13.3. The van der Waals surface area contributed by atoms with Crippen LogP contribution in [0.15, 0.2) is 61.4 Å². The van der Waals surface area contributed by atoms with Gasteiger partial charge in [-0.1, -0.05) is 36.4 Å². The van der Waals surface area contributed by atoms with E-state index in [0.717, 1.165) is 5.56 Å². The normalized spacial score (nSPS) is 11.5. The van der Waals surface area contributed by atoms with Crippen LogP contribution in [0.2, 0.25) is 5.02 Å². The van der Waals surface area contributed by atoms with Gasteiger partial charge in [0.1, 0.15) is 17.8 Å². The first-order valence-corrected chi connectivity index (χ1v) is 9.95. The van der Waals surface area contributed by atoms with Crippen LogP contribution in [-0.2, 0) is 6.54 Å². The van der Waals surface area contributed by atoms with Crippen molar-refractivity contribution in [3.8, 4) is 0 Å². The van der Waals surface area contributed by atoms with E-state index in [1.807, 2.05) is 6.92 Å². The summed E-state index contributed by atoms with van der Waals surface area (Å²) in [6.45, 7) is 6.02. The predicted octanol–water partition coefficient (Wildman–Crippen LogP) is 4.22. The zero-order valence-corrected chi connectivity index (χ0v) is 17.9. The zero-order valence-electron chi connectivity index (χ0n) is 17.1. The molecule has 0 radical (unpaired) electrons. The molecule has 1 atom stereocenters. The molecule has 0 aliphatic carbocycles. The quantitative estimate of drug-likeness (QED) is 0.471. The molecule has 0 aliphatic rings. The van der Waals surface area contributed by atoms with E-state index in [1.54, 1.807) is 12.1 Å². The molecule has 9 heteroatoms. The van der Waals surface area contributed by atoms with Crippen molar-refractivity contribution in [2.45, 2.75) is 19.5 Å². The number of halogens is 2. The summed E-state index contributed by atoms with van der Waals surface area (Å²) in [5.41, 5.74) is 2.76. The number of carbonyl (C=O) groups excluding carboxylic acids is 1. The largest absolute Gasteiger partial charge is 0.478 e. The highest BCUT2D eigenvalue weighted by atomic mass is 35.5. The number of carboxylic acid groups (broad SMARTS) is 1. The zero-order chi connectivity index (χ0) is 23.3. The molecule has 1 aromatic heterocycles. The number of amides is 1. The maximum Gasteiger partial charge on any atom is 0.335 e. The van der Waals surface area contributed by atoms with Crippen molar-refractivity contribution in [2.24, 2.45) is 0 Å². The van der Waals surface area contributed by atoms with Crippen LogP contribution in [-0.4, -0.2) is 27.0 Å². The summed E-state index contributed by atoms with van der Waals surface area (Å²) >= 11 is 5.76. The Bertz CT molecular complexity index is 1170. The van der Waals surface area contributed by atoms with Crippen molar-refractivity contribution in [3.05, 3.63) is 100 Å². The van der Waals surface area contributed by atoms with Crippen LogP contribution < -0.4 is 10.6 Å². The smallest absolute Gasteiger partial charge is 0.335 e. The van der Waals surface area contributed by atoms with Gasteiger partial charge in [-0.05, 0) is 48.4 Å². The Balaban J connectivity index is 1.63. The lowest BCUT2D eigenvalue weighted by Gasteiger charge is -2.17. The van der Waals surface area contributed by atoms with Crippen LogP contribution in [0.1, 0.15) is 50.6 Å². The second kappa shape index (κ2) is 10.0. The molecule has 0 saturated heterocycles. The summed E-state index contributed by atoms with van der Waals surface area (Å²) in [7, 11) is 0. The Kier molecular flexibility index (Phi) is 7.17. The summed E-state index contributed by atoms with van der Waals surface area (Å²) in [6, 6.07) is 12.0. The fraction of sp³-hybridized carbons (Fsp3) is 0.130. The summed E-state index contributed by atoms with van der Waals surface area (Å²) in [6.07, 6.45) is 1.26. The number of nitrogens with one attached hydrogen (secondary N) is 2. The van der Waals surface area contributed by atoms with Crippen LogP contribution in [0.4, 0.5) is 4.39 Å². The summed E-state index contributed by atoms with van der Waals surface area (Å²) in [5, 5.41) is 14.9. The topological polar surface area (TPSA) is 104 Å². The Morgan fingerprint density at radius 2 is 1.81 bits per heavy atom. The highest BCUT2D eigenvalue weighted by Crippen LogP contribution is 2.18. The first kappa shape index (κ1) is 22.9. The van der Waals surface area contributed by atoms with Gasteiger partial charge >= 0.3 is 5.97 Å². The molecule has 2 aromatic carbocycles. The molecule has 7 nitrogen and oxygen atoms in total. The molecule has 0 aliphatic heterocycles. The number of carboxylic acids is 1. The minimum absolute atomic E-state index is 0.0184. The van der Waals surface area contributed by atoms with Crippen LogP contribution in [0.25, 0.3) is 5.70 Å². The van der Waals surface area contributed by atoms with E-state index in [2.05, 4.69) is 27.2 Å². The van der Waals surface area contributed by atoms with Crippen LogP contribution in [0, 0.1) is 5.82 Å². The lowest BCUT2D eigenvalue weighted by molar-refractivity contribution is 0.0696. The van der Waals surface area contributed by atoms with Gasteiger partial charge in [0.2, 0.25) is 0 Å². The van der Waals surface area contributed by atoms with Crippen LogP contribution in [0.3, 0.4) is 0 Å². The first-order valence-electron chi connectivity index (χ1n) is 9.58. The fourth-order valence-electron chi connectivity index (χ4n) is 2.90. The number of hydrogen-bond donors (Lipinski definition) is 3. The van der Waals surface area contributed by atoms with Gasteiger partial charge in [-0.2, -0.15) is 0 Å². The van der Waals surface area contributed by atoms with Crippen molar-refractivity contribution in [3.63, 3.8) is 0 Å². The second-order valence-corrected chi connectivity index (χ2v) is 7.40. The van der Waals surface area contributed by atoms with Crippen molar-refractivity contribution in [1.29, 1.82) is 0 Å². The molecule has 0 bridgehead atoms. The molecule has 164 valence electrons. The van der Waals surface area contributed by atoms with E-state index in [9.17, 15) is 14.0 Å². The predicted molar refractivity (Wildman–Crippen MR) is 119 cm³/mol. The summed E-state index contributed by atoms with van der Waals surface area (Å²) in [5.74, 6) is -1.95. The molecule has 1 amide bonds. The molecular weight excluding hydrogens is 435 g/mol. The number of aromatic nitrogens is 2. The molecular formula is C23H20ClFN4O3. The fourth-order valence-corrected chi connectivity index (χ4v) is 3.11. The standard InChI is InChI=1S/C23H20ClFN4O3/c1-13(16-4-6-17(7-5-16)23(31)32)29-14(2)20-10-21(28-12-27-20)22(30)26-11-15-3-8-19(25)18(24)9-15/h3-10,12-13,29H,2,11H2,1H3,(H,26,30)(H,31,32). The van der Waals surface area contributed by atoms with Crippen LogP contribution in [0.5, 0.6) is 0 Å². The van der Waals surface area contributed by atoms with E-state index < -0.39 is 17.7 Å². The van der Waals surface area contributed by atoms with Gasteiger partial charge in [0.25, 0.3) is 5.91 Å². The van der Waals surface area contributed by atoms with Gasteiger partial charge < -0.3 is 15.7 Å². The highest BCUT2D eigenvalue weighted by Gasteiger charge is 2.13. The second-order valence-electron chi connectivity index (χ2n) is 6.99. The average Bonchev–Trinajstić information content (AvgIpc) is 2.79. The minimum atomic E-state index is -0.990. The molecule has 1 heterocycles. The highest BCUT2D eigenvalue weighted by molar-refractivity contribution is 6.30. The van der Waals surface area contributed by atoms with Crippen molar-refractivity contribution in [2.75, 3.05) is 0 Å². The molecule has 3 N–H and O–H groups in total. The Morgan fingerprint density at radius 1 is 1.12 bits per heavy atom. The van der Waals surface area contributed by atoms with Gasteiger partial charge in [0.05, 0.1) is 22.0 Å². The number of nitrogens with zero attached hydrogens (tertiary/aromatic N) is 2. The van der Waals surface area contributed by atoms with Gasteiger partial charge in [-0.15, -0.1) is 0 Å². The summed E-state index contributed by atoms with van der Waals surface area (Å²) < 4.78 is 13.3. The number of hydrogen-bond acceptors (Lipinski definition) is 5. The Labute approximate surface area is 189 Å². The minimum Gasteiger partial charge on any atom is -0.478 e. The van der Waals surface area contributed by atoms with E-state index in [0.29, 0.717) is 17.0 Å². The molecule has 0 saturated carbocycles. The third-order valence-electron chi connectivity index (χ3n) is 4.69. The third kappa shape index (κ3) is 5.67. The molecule has 3 rings (SSSR count). The lowest BCUT2D eigenvalue weighted by atomic mass is 10.1. The summed E-state index contributed by atoms with van der Waals surface area (Å²) in [4.78, 5) is 31.6. The third-order valence-corrected chi connectivity index (χ3v) is 4.98. The van der Waals surface area contributed by atoms with E-state index >= 15 is 0 Å². The molecule has 0 spiro atoms. The molecule has 32 heavy (non-hydrogen) atoms. The Morgan fingerprint density at radius 3 is 2.47 bits per heavy atom. The molecule has 3 aromatic rings. The maximum absolute atomic E-state index is 13.3. The lowest BCUT2D eigenvalue weighted by Crippen LogP contribution is -2.24.